The molecule has 9 heteroatoms. The van der Waals surface area contributed by atoms with E-state index in [0.29, 0.717) is 6.42 Å². The summed E-state index contributed by atoms with van der Waals surface area (Å²) in [6.45, 7) is 0. The Morgan fingerprint density at radius 2 is 2.09 bits per heavy atom. The van der Waals surface area contributed by atoms with Crippen LogP contribution in [-0.4, -0.2) is 49.3 Å². The van der Waals surface area contributed by atoms with Crippen LogP contribution in [0, 0.1) is 5.92 Å². The zero-order valence-corrected chi connectivity index (χ0v) is 12.4. The first kappa shape index (κ1) is 14.6. The molecule has 3 heterocycles. The molecule has 4 rings (SSSR count). The fourth-order valence-electron chi connectivity index (χ4n) is 3.36. The predicted octanol–water partition coefficient (Wildman–Crippen LogP) is 0.171. The molecule has 8 nitrogen and oxygen atoms in total. The van der Waals surface area contributed by atoms with Crippen LogP contribution in [0.1, 0.15) is 16.8 Å². The summed E-state index contributed by atoms with van der Waals surface area (Å²) >= 11 is 0. The van der Waals surface area contributed by atoms with Gasteiger partial charge in [0.25, 0.3) is 10.1 Å². The first-order valence-electron chi connectivity index (χ1n) is 6.99. The topological polar surface area (TPSA) is 116 Å². The highest BCUT2D eigenvalue weighted by Crippen LogP contribution is 2.47. The highest BCUT2D eigenvalue weighted by atomic mass is 32.2. The van der Waals surface area contributed by atoms with Gasteiger partial charge in [0.2, 0.25) is 0 Å². The molecule has 0 spiro atoms. The van der Waals surface area contributed by atoms with Gasteiger partial charge in [0.1, 0.15) is 6.10 Å². The minimum atomic E-state index is -4.41. The molecule has 3 saturated heterocycles. The SMILES string of the molecule is O=C(OC1C2CC3C(=O)OC1C3O2)c1cccc(S(=O)(=O)O)c1. The summed E-state index contributed by atoms with van der Waals surface area (Å²) in [6.07, 6.45) is -1.64. The molecule has 1 aromatic rings. The van der Waals surface area contributed by atoms with Crippen molar-refractivity contribution in [1.29, 1.82) is 0 Å². The quantitative estimate of drug-likeness (QED) is 0.611. The van der Waals surface area contributed by atoms with Gasteiger partial charge >= 0.3 is 11.9 Å². The van der Waals surface area contributed by atoms with Crippen molar-refractivity contribution in [2.45, 2.75) is 35.7 Å². The Bertz CT molecular complexity index is 801. The summed E-state index contributed by atoms with van der Waals surface area (Å²) in [6, 6.07) is 4.88. The van der Waals surface area contributed by atoms with E-state index in [0.717, 1.165) is 12.1 Å². The summed E-state index contributed by atoms with van der Waals surface area (Å²) in [5.74, 6) is -1.40. The molecule has 5 unspecified atom stereocenters. The van der Waals surface area contributed by atoms with Crippen molar-refractivity contribution < 1.29 is 36.8 Å². The Labute approximate surface area is 131 Å². The van der Waals surface area contributed by atoms with E-state index in [9.17, 15) is 18.0 Å². The number of hydrogen-bond acceptors (Lipinski definition) is 7. The van der Waals surface area contributed by atoms with Crippen LogP contribution in [0.3, 0.4) is 0 Å². The molecule has 0 aromatic heterocycles. The van der Waals surface area contributed by atoms with Gasteiger partial charge in [-0.2, -0.15) is 8.42 Å². The lowest BCUT2D eigenvalue weighted by Crippen LogP contribution is -2.40. The van der Waals surface area contributed by atoms with E-state index >= 15 is 0 Å². The Kier molecular flexibility index (Phi) is 3.03. The standard InChI is InChI=1S/C14H12O8S/c15-13(6-2-1-3-7(4-6)23(17,18)19)21-11-9-5-8-10(20-9)12(11)22-14(8)16/h1-4,8-12H,5H2,(H,17,18,19). The number of carbonyl (C=O) groups excluding carboxylic acids is 2. The number of rotatable bonds is 3. The van der Waals surface area contributed by atoms with E-state index in [1.54, 1.807) is 0 Å². The maximum absolute atomic E-state index is 12.2. The molecule has 122 valence electrons. The predicted molar refractivity (Wildman–Crippen MR) is 72.1 cm³/mol. The second kappa shape index (κ2) is 4.76. The van der Waals surface area contributed by atoms with Crippen molar-refractivity contribution in [1.82, 2.24) is 0 Å². The number of carbonyl (C=O) groups is 2. The maximum atomic E-state index is 12.2. The first-order chi connectivity index (χ1) is 10.8. The number of benzene rings is 1. The van der Waals surface area contributed by atoms with Gasteiger partial charge in [-0.1, -0.05) is 6.07 Å². The van der Waals surface area contributed by atoms with Gasteiger partial charge in [0.15, 0.2) is 12.2 Å². The average Bonchev–Trinajstić information content (AvgIpc) is 3.11. The normalized spacial score (nSPS) is 34.5. The molecule has 0 amide bonds. The third-order valence-electron chi connectivity index (χ3n) is 4.39. The number of fused-ring (bicyclic) bond motifs is 1. The average molecular weight is 340 g/mol. The van der Waals surface area contributed by atoms with Crippen molar-refractivity contribution in [3.63, 3.8) is 0 Å². The van der Waals surface area contributed by atoms with Crippen LogP contribution in [0.25, 0.3) is 0 Å². The molecule has 2 bridgehead atoms. The number of esters is 2. The Morgan fingerprint density at radius 3 is 2.83 bits per heavy atom. The number of ether oxygens (including phenoxy) is 3. The molecule has 3 fully saturated rings. The van der Waals surface area contributed by atoms with Gasteiger partial charge < -0.3 is 14.2 Å². The van der Waals surface area contributed by atoms with E-state index in [2.05, 4.69) is 0 Å². The van der Waals surface area contributed by atoms with Crippen molar-refractivity contribution in [2.24, 2.45) is 5.92 Å². The second-order valence-electron chi connectivity index (χ2n) is 5.76. The minimum Gasteiger partial charge on any atom is -0.455 e. The summed E-state index contributed by atoms with van der Waals surface area (Å²) < 4.78 is 47.4. The van der Waals surface area contributed by atoms with E-state index in [1.807, 2.05) is 0 Å². The third kappa shape index (κ3) is 2.23. The van der Waals surface area contributed by atoms with Crippen LogP contribution in [0.15, 0.2) is 29.2 Å². The van der Waals surface area contributed by atoms with Crippen molar-refractivity contribution in [2.75, 3.05) is 0 Å². The molecule has 0 saturated carbocycles. The molecular formula is C14H12O8S. The molecule has 1 N–H and O–H groups in total. The smallest absolute Gasteiger partial charge is 0.338 e. The molecule has 5 atom stereocenters. The van der Waals surface area contributed by atoms with Gasteiger partial charge in [-0.05, 0) is 24.6 Å². The summed E-state index contributed by atoms with van der Waals surface area (Å²) in [4.78, 5) is 23.4. The summed E-state index contributed by atoms with van der Waals surface area (Å²) in [5, 5.41) is 0. The van der Waals surface area contributed by atoms with Crippen molar-refractivity contribution >= 4 is 22.1 Å². The minimum absolute atomic E-state index is 0.0243. The fourth-order valence-corrected chi connectivity index (χ4v) is 3.88. The largest absolute Gasteiger partial charge is 0.455 e. The third-order valence-corrected chi connectivity index (χ3v) is 5.24. The zero-order chi connectivity index (χ0) is 16.4. The molecule has 3 aliphatic heterocycles. The van der Waals surface area contributed by atoms with Crippen LogP contribution < -0.4 is 0 Å². The van der Waals surface area contributed by atoms with E-state index in [-0.39, 0.29) is 23.6 Å². The van der Waals surface area contributed by atoms with Gasteiger partial charge in [-0.25, -0.2) is 4.79 Å². The highest BCUT2D eigenvalue weighted by molar-refractivity contribution is 7.85. The van der Waals surface area contributed by atoms with E-state index in [1.165, 1.54) is 12.1 Å². The van der Waals surface area contributed by atoms with Crippen molar-refractivity contribution in [3.05, 3.63) is 29.8 Å². The van der Waals surface area contributed by atoms with Crippen LogP contribution in [-0.2, 0) is 29.1 Å². The zero-order valence-electron chi connectivity index (χ0n) is 11.6. The van der Waals surface area contributed by atoms with Crippen LogP contribution >= 0.6 is 0 Å². The monoisotopic (exact) mass is 340 g/mol. The molecule has 0 aliphatic carbocycles. The molecular weight excluding hydrogens is 328 g/mol. The fraction of sp³-hybridized carbons (Fsp3) is 0.429. The van der Waals surface area contributed by atoms with Gasteiger partial charge in [-0.15, -0.1) is 0 Å². The van der Waals surface area contributed by atoms with E-state index in [4.69, 9.17) is 18.8 Å². The Hall–Kier alpha value is -1.97. The van der Waals surface area contributed by atoms with Crippen LogP contribution in [0.5, 0.6) is 0 Å². The van der Waals surface area contributed by atoms with Crippen LogP contribution in [0.4, 0.5) is 0 Å². The van der Waals surface area contributed by atoms with E-state index < -0.39 is 39.3 Å². The lowest BCUT2D eigenvalue weighted by atomic mass is 9.88. The molecule has 0 radical (unpaired) electrons. The lowest BCUT2D eigenvalue weighted by molar-refractivity contribution is -0.145. The van der Waals surface area contributed by atoms with Gasteiger partial charge in [-0.3, -0.25) is 9.35 Å². The summed E-state index contributed by atoms with van der Waals surface area (Å²) in [7, 11) is -4.41. The molecule has 1 aromatic carbocycles. The lowest BCUT2D eigenvalue weighted by Gasteiger charge is -2.22. The Morgan fingerprint density at radius 1 is 1.30 bits per heavy atom. The van der Waals surface area contributed by atoms with Crippen molar-refractivity contribution in [3.8, 4) is 0 Å². The Balaban J connectivity index is 1.54. The van der Waals surface area contributed by atoms with Gasteiger partial charge in [0, 0.05) is 0 Å². The van der Waals surface area contributed by atoms with Gasteiger partial charge in [0.05, 0.1) is 22.5 Å². The second-order valence-corrected chi connectivity index (χ2v) is 7.18. The van der Waals surface area contributed by atoms with Crippen LogP contribution in [0.2, 0.25) is 0 Å². The highest BCUT2D eigenvalue weighted by Gasteiger charge is 2.65. The maximum Gasteiger partial charge on any atom is 0.338 e. The molecule has 23 heavy (non-hydrogen) atoms. The summed E-state index contributed by atoms with van der Waals surface area (Å²) in [5.41, 5.74) is -0.0243. The molecule has 3 aliphatic rings. The first-order valence-corrected chi connectivity index (χ1v) is 8.43. The number of hydrogen-bond donors (Lipinski definition) is 1.